The van der Waals surface area contributed by atoms with Gasteiger partial charge in [-0.25, -0.2) is 0 Å². The highest BCUT2D eigenvalue weighted by Crippen LogP contribution is 2.43. The molecule has 0 aromatic heterocycles. The van der Waals surface area contributed by atoms with Gasteiger partial charge in [0.2, 0.25) is 0 Å². The number of hydrogen-bond donors (Lipinski definition) is 1. The van der Waals surface area contributed by atoms with E-state index in [1.807, 2.05) is 0 Å². The van der Waals surface area contributed by atoms with Crippen molar-refractivity contribution in [2.24, 2.45) is 5.92 Å². The SMILES string of the molecule is CCCC1c2cccc3c2N(CCNC3)CC1C. The number of anilines is 1. The van der Waals surface area contributed by atoms with Crippen molar-refractivity contribution in [3.05, 3.63) is 29.3 Å². The molecule has 2 atom stereocenters. The molecule has 0 radical (unpaired) electrons. The number of nitrogens with one attached hydrogen (secondary N) is 1. The molecule has 0 spiro atoms. The Balaban J connectivity index is 2.07. The second-order valence-corrected chi connectivity index (χ2v) is 5.85. The number of para-hydroxylation sites is 1. The Morgan fingerprint density at radius 3 is 3.11 bits per heavy atom. The molecule has 2 aliphatic rings. The van der Waals surface area contributed by atoms with Gasteiger partial charge in [-0.05, 0) is 29.4 Å². The van der Waals surface area contributed by atoms with Gasteiger partial charge in [0.15, 0.2) is 0 Å². The molecular weight excluding hydrogens is 220 g/mol. The Kier molecular flexibility index (Phi) is 3.29. The Morgan fingerprint density at radius 2 is 2.28 bits per heavy atom. The fourth-order valence-corrected chi connectivity index (χ4v) is 3.70. The van der Waals surface area contributed by atoms with Crippen LogP contribution in [0, 0.1) is 5.92 Å². The Labute approximate surface area is 110 Å². The number of hydrogen-bond acceptors (Lipinski definition) is 2. The molecule has 18 heavy (non-hydrogen) atoms. The molecule has 0 amide bonds. The van der Waals surface area contributed by atoms with Crippen molar-refractivity contribution in [2.75, 3.05) is 24.5 Å². The van der Waals surface area contributed by atoms with E-state index in [9.17, 15) is 0 Å². The second kappa shape index (κ2) is 4.93. The van der Waals surface area contributed by atoms with Crippen LogP contribution < -0.4 is 10.2 Å². The zero-order valence-electron chi connectivity index (χ0n) is 11.6. The Morgan fingerprint density at radius 1 is 1.39 bits per heavy atom. The average Bonchev–Trinajstić information content (AvgIpc) is 2.58. The topological polar surface area (TPSA) is 15.3 Å². The van der Waals surface area contributed by atoms with Crippen molar-refractivity contribution < 1.29 is 0 Å². The van der Waals surface area contributed by atoms with Crippen LogP contribution >= 0.6 is 0 Å². The molecule has 1 aromatic rings. The maximum atomic E-state index is 3.54. The minimum absolute atomic E-state index is 0.763. The van der Waals surface area contributed by atoms with Crippen LogP contribution in [-0.2, 0) is 6.54 Å². The fourth-order valence-electron chi connectivity index (χ4n) is 3.70. The molecule has 0 bridgehead atoms. The van der Waals surface area contributed by atoms with Crippen LogP contribution in [0.5, 0.6) is 0 Å². The number of nitrogens with zero attached hydrogens (tertiary/aromatic N) is 1. The smallest absolute Gasteiger partial charge is 0.0447 e. The van der Waals surface area contributed by atoms with E-state index in [0.717, 1.165) is 31.5 Å². The molecule has 1 aromatic carbocycles. The summed E-state index contributed by atoms with van der Waals surface area (Å²) < 4.78 is 0. The summed E-state index contributed by atoms with van der Waals surface area (Å²) in [5, 5.41) is 3.54. The van der Waals surface area contributed by atoms with Crippen LogP contribution in [0.2, 0.25) is 0 Å². The van der Waals surface area contributed by atoms with E-state index in [-0.39, 0.29) is 0 Å². The molecule has 98 valence electrons. The van der Waals surface area contributed by atoms with Gasteiger partial charge in [0.05, 0.1) is 0 Å². The fraction of sp³-hybridized carbons (Fsp3) is 0.625. The molecule has 2 nitrogen and oxygen atoms in total. The summed E-state index contributed by atoms with van der Waals surface area (Å²) in [6.45, 7) is 9.27. The first-order chi connectivity index (χ1) is 8.81. The molecule has 0 saturated carbocycles. The lowest BCUT2D eigenvalue weighted by Crippen LogP contribution is -2.38. The molecular formula is C16H24N2. The van der Waals surface area contributed by atoms with Gasteiger partial charge in [0.25, 0.3) is 0 Å². The minimum Gasteiger partial charge on any atom is -0.369 e. The molecule has 2 aliphatic heterocycles. The van der Waals surface area contributed by atoms with Crippen molar-refractivity contribution in [3.63, 3.8) is 0 Å². The van der Waals surface area contributed by atoms with E-state index < -0.39 is 0 Å². The molecule has 2 heterocycles. The minimum atomic E-state index is 0.763. The van der Waals surface area contributed by atoms with Crippen molar-refractivity contribution in [1.82, 2.24) is 5.32 Å². The summed E-state index contributed by atoms with van der Waals surface area (Å²) in [5.74, 6) is 1.55. The summed E-state index contributed by atoms with van der Waals surface area (Å²) in [4.78, 5) is 2.61. The van der Waals surface area contributed by atoms with Crippen LogP contribution in [0.4, 0.5) is 5.69 Å². The Bertz CT molecular complexity index is 427. The predicted molar refractivity (Wildman–Crippen MR) is 77.2 cm³/mol. The van der Waals surface area contributed by atoms with Gasteiger partial charge < -0.3 is 10.2 Å². The normalized spacial score (nSPS) is 26.7. The van der Waals surface area contributed by atoms with Crippen molar-refractivity contribution in [1.29, 1.82) is 0 Å². The summed E-state index contributed by atoms with van der Waals surface area (Å²) in [7, 11) is 0. The second-order valence-electron chi connectivity index (χ2n) is 5.85. The number of benzene rings is 1. The van der Waals surface area contributed by atoms with Gasteiger partial charge in [0, 0.05) is 31.9 Å². The zero-order chi connectivity index (χ0) is 12.5. The van der Waals surface area contributed by atoms with Crippen molar-refractivity contribution in [3.8, 4) is 0 Å². The van der Waals surface area contributed by atoms with E-state index >= 15 is 0 Å². The van der Waals surface area contributed by atoms with Crippen LogP contribution in [0.25, 0.3) is 0 Å². The highest BCUT2D eigenvalue weighted by Gasteiger charge is 2.32. The van der Waals surface area contributed by atoms with Crippen LogP contribution in [-0.4, -0.2) is 19.6 Å². The first-order valence-corrected chi connectivity index (χ1v) is 7.38. The van der Waals surface area contributed by atoms with Gasteiger partial charge in [-0.2, -0.15) is 0 Å². The first kappa shape index (κ1) is 12.0. The molecule has 0 fully saturated rings. The quantitative estimate of drug-likeness (QED) is 0.860. The summed E-state index contributed by atoms with van der Waals surface area (Å²) in [5.41, 5.74) is 4.66. The van der Waals surface area contributed by atoms with Crippen molar-refractivity contribution in [2.45, 2.75) is 39.2 Å². The molecule has 2 heteroatoms. The molecule has 0 aliphatic carbocycles. The van der Waals surface area contributed by atoms with Gasteiger partial charge in [0.1, 0.15) is 0 Å². The van der Waals surface area contributed by atoms with Gasteiger partial charge in [-0.3, -0.25) is 0 Å². The number of rotatable bonds is 2. The molecule has 1 N–H and O–H groups in total. The predicted octanol–water partition coefficient (Wildman–Crippen LogP) is 3.13. The maximum absolute atomic E-state index is 3.54. The van der Waals surface area contributed by atoms with Gasteiger partial charge in [-0.1, -0.05) is 38.5 Å². The zero-order valence-corrected chi connectivity index (χ0v) is 11.6. The van der Waals surface area contributed by atoms with Crippen LogP contribution in [0.15, 0.2) is 18.2 Å². The third-order valence-electron chi connectivity index (χ3n) is 4.54. The lowest BCUT2D eigenvalue weighted by Gasteiger charge is -2.40. The monoisotopic (exact) mass is 244 g/mol. The average molecular weight is 244 g/mol. The molecule has 0 saturated heterocycles. The third kappa shape index (κ3) is 1.93. The highest BCUT2D eigenvalue weighted by atomic mass is 15.2. The Hall–Kier alpha value is -1.02. The molecule has 2 unspecified atom stereocenters. The van der Waals surface area contributed by atoms with E-state index in [0.29, 0.717) is 0 Å². The summed E-state index contributed by atoms with van der Waals surface area (Å²) in [6.07, 6.45) is 2.62. The van der Waals surface area contributed by atoms with E-state index in [1.165, 1.54) is 24.9 Å². The van der Waals surface area contributed by atoms with Crippen LogP contribution in [0.1, 0.15) is 43.7 Å². The van der Waals surface area contributed by atoms with E-state index in [2.05, 4.69) is 42.3 Å². The van der Waals surface area contributed by atoms with Gasteiger partial charge in [-0.15, -0.1) is 0 Å². The lowest BCUT2D eigenvalue weighted by molar-refractivity contribution is 0.408. The largest absolute Gasteiger partial charge is 0.369 e. The van der Waals surface area contributed by atoms with Crippen LogP contribution in [0.3, 0.4) is 0 Å². The lowest BCUT2D eigenvalue weighted by atomic mass is 9.78. The van der Waals surface area contributed by atoms with Gasteiger partial charge >= 0.3 is 0 Å². The first-order valence-electron chi connectivity index (χ1n) is 7.38. The third-order valence-corrected chi connectivity index (χ3v) is 4.54. The van der Waals surface area contributed by atoms with E-state index in [1.54, 1.807) is 11.3 Å². The standard InChI is InChI=1S/C16H24N2/c1-3-5-14-12(2)11-18-9-8-17-10-13-6-4-7-15(14)16(13)18/h4,6-7,12,14,17H,3,5,8-11H2,1-2H3. The summed E-state index contributed by atoms with van der Waals surface area (Å²) >= 11 is 0. The highest BCUT2D eigenvalue weighted by molar-refractivity contribution is 5.63. The van der Waals surface area contributed by atoms with E-state index in [4.69, 9.17) is 0 Å². The maximum Gasteiger partial charge on any atom is 0.0447 e. The summed E-state index contributed by atoms with van der Waals surface area (Å²) in [6, 6.07) is 6.91. The molecule has 3 rings (SSSR count). The van der Waals surface area contributed by atoms with Crippen molar-refractivity contribution >= 4 is 5.69 Å².